The lowest BCUT2D eigenvalue weighted by Gasteiger charge is -2.33. The van der Waals surface area contributed by atoms with Crippen LogP contribution in [0.5, 0.6) is 11.5 Å². The summed E-state index contributed by atoms with van der Waals surface area (Å²) in [5.74, 6) is 0.780. The molecule has 2 heterocycles. The maximum atomic E-state index is 13.0. The number of nitrogens with one attached hydrogen (secondary N) is 1. The van der Waals surface area contributed by atoms with Crippen molar-refractivity contribution in [1.82, 2.24) is 20.4 Å². The molecule has 4 rings (SSSR count). The number of piperazine rings is 1. The molecule has 2 aromatic carbocycles. The summed E-state index contributed by atoms with van der Waals surface area (Å²) >= 11 is 0. The second-order valence-corrected chi connectivity index (χ2v) is 7.01. The van der Waals surface area contributed by atoms with Crippen molar-refractivity contribution in [3.8, 4) is 22.8 Å². The first kappa shape index (κ1) is 20.9. The van der Waals surface area contributed by atoms with Gasteiger partial charge in [0.2, 0.25) is 0 Å². The molecule has 0 radical (unpaired) electrons. The zero-order valence-corrected chi connectivity index (χ0v) is 17.1. The second kappa shape index (κ2) is 9.65. The fourth-order valence-corrected chi connectivity index (χ4v) is 3.32. The Labute approximate surface area is 179 Å². The Morgan fingerprint density at radius 3 is 2.23 bits per heavy atom. The summed E-state index contributed by atoms with van der Waals surface area (Å²) in [6, 6.07) is 18.7. The first-order chi connectivity index (χ1) is 15.1. The van der Waals surface area contributed by atoms with Crippen LogP contribution in [0.25, 0.3) is 11.3 Å². The maximum absolute atomic E-state index is 13.0. The van der Waals surface area contributed by atoms with Crippen molar-refractivity contribution < 1.29 is 18.9 Å². The number of rotatable bonds is 6. The van der Waals surface area contributed by atoms with Crippen LogP contribution in [-0.4, -0.2) is 54.1 Å². The van der Waals surface area contributed by atoms with E-state index in [0.29, 0.717) is 49.1 Å². The molecule has 1 amide bonds. The summed E-state index contributed by atoms with van der Waals surface area (Å²) in [5, 5.41) is 1.78. The van der Waals surface area contributed by atoms with E-state index in [1.54, 1.807) is 35.2 Å². The van der Waals surface area contributed by atoms with Gasteiger partial charge in [-0.15, -0.1) is 0 Å². The Bertz CT molecular complexity index is 1020. The summed E-state index contributed by atoms with van der Waals surface area (Å²) < 4.78 is 18.7. The number of ether oxygens (including phenoxy) is 1. The van der Waals surface area contributed by atoms with Crippen molar-refractivity contribution in [3.63, 3.8) is 0 Å². The molecule has 0 unspecified atom stereocenters. The monoisotopic (exact) mass is 422 g/mol. The topological polar surface area (TPSA) is 66.9 Å². The van der Waals surface area contributed by atoms with Crippen molar-refractivity contribution in [2.45, 2.75) is 0 Å². The molecular formula is C23H23FN4O3. The Balaban J connectivity index is 1.43. The van der Waals surface area contributed by atoms with Crippen LogP contribution in [0, 0.1) is 5.82 Å². The maximum Gasteiger partial charge on any atom is 0.272 e. The van der Waals surface area contributed by atoms with Crippen LogP contribution in [0.1, 0.15) is 10.5 Å². The van der Waals surface area contributed by atoms with Gasteiger partial charge < -0.3 is 9.64 Å². The number of amides is 1. The van der Waals surface area contributed by atoms with Crippen molar-refractivity contribution in [1.29, 1.82) is 0 Å². The highest BCUT2D eigenvalue weighted by molar-refractivity contribution is 5.93. The minimum Gasteiger partial charge on any atom is -0.457 e. The van der Waals surface area contributed by atoms with Gasteiger partial charge in [-0.3, -0.25) is 4.79 Å². The lowest BCUT2D eigenvalue weighted by atomic mass is 10.1. The summed E-state index contributed by atoms with van der Waals surface area (Å²) in [5.41, 5.74) is 4.63. The molecule has 0 saturated carbocycles. The smallest absolute Gasteiger partial charge is 0.272 e. The van der Waals surface area contributed by atoms with E-state index in [9.17, 15) is 9.18 Å². The zero-order valence-electron chi connectivity index (χ0n) is 17.1. The van der Waals surface area contributed by atoms with Crippen molar-refractivity contribution in [2.24, 2.45) is 0 Å². The lowest BCUT2D eigenvalue weighted by molar-refractivity contribution is -0.214. The molecule has 8 heteroatoms. The third-order valence-corrected chi connectivity index (χ3v) is 4.91. The summed E-state index contributed by atoms with van der Waals surface area (Å²) in [6.07, 6.45) is 0. The van der Waals surface area contributed by atoms with E-state index in [-0.39, 0.29) is 11.7 Å². The number of nitrogens with zero attached hydrogens (tertiary/aromatic N) is 3. The molecular weight excluding hydrogens is 399 g/mol. The van der Waals surface area contributed by atoms with E-state index in [2.05, 4.69) is 10.5 Å². The molecule has 1 N–H and O–H groups in total. The summed E-state index contributed by atoms with van der Waals surface area (Å²) in [4.78, 5) is 24.5. The molecule has 3 aromatic rings. The van der Waals surface area contributed by atoms with Gasteiger partial charge in [0.15, 0.2) is 0 Å². The van der Waals surface area contributed by atoms with E-state index in [4.69, 9.17) is 9.68 Å². The molecule has 31 heavy (non-hydrogen) atoms. The molecule has 0 bridgehead atoms. The van der Waals surface area contributed by atoms with Gasteiger partial charge in [-0.1, -0.05) is 6.07 Å². The highest BCUT2D eigenvalue weighted by Gasteiger charge is 2.23. The van der Waals surface area contributed by atoms with Crippen molar-refractivity contribution in [3.05, 3.63) is 78.2 Å². The molecule has 160 valence electrons. The predicted molar refractivity (Wildman–Crippen MR) is 114 cm³/mol. The largest absolute Gasteiger partial charge is 0.457 e. The molecule has 1 fully saturated rings. The zero-order chi connectivity index (χ0) is 21.6. The fraction of sp³-hybridized carbons (Fsp3) is 0.217. The van der Waals surface area contributed by atoms with Gasteiger partial charge in [-0.25, -0.2) is 14.3 Å². The molecule has 1 saturated heterocycles. The van der Waals surface area contributed by atoms with Crippen LogP contribution in [-0.2, 0) is 4.94 Å². The number of hydrogen-bond donors (Lipinski definition) is 1. The number of halogens is 1. The average molecular weight is 422 g/mol. The molecule has 0 spiro atoms. The van der Waals surface area contributed by atoms with Crippen molar-refractivity contribution >= 4 is 5.91 Å². The van der Waals surface area contributed by atoms with Gasteiger partial charge in [0.1, 0.15) is 23.0 Å². The van der Waals surface area contributed by atoms with E-state index in [1.165, 1.54) is 12.1 Å². The number of carbonyl (C=O) groups is 1. The van der Waals surface area contributed by atoms with E-state index in [0.717, 1.165) is 5.56 Å². The number of hydroxylamine groups is 3. The van der Waals surface area contributed by atoms with E-state index >= 15 is 0 Å². The van der Waals surface area contributed by atoms with Crippen LogP contribution >= 0.6 is 0 Å². The molecule has 0 aliphatic carbocycles. The first-order valence-electron chi connectivity index (χ1n) is 10.0. The third-order valence-electron chi connectivity index (χ3n) is 4.91. The van der Waals surface area contributed by atoms with Gasteiger partial charge in [0, 0.05) is 38.8 Å². The Hall–Kier alpha value is -3.33. The molecule has 7 nitrogen and oxygen atoms in total. The standard InChI is InChI=1S/C23H23FN4O3/c1-25-31-28-15-13-27(14-16-28)23(29)22-4-2-3-21(26-22)17-5-9-19(10-6-17)30-20-11-7-18(24)8-12-20/h2-12,25H,13-16H2,1H3. The van der Waals surface area contributed by atoms with Crippen LogP contribution in [0.2, 0.25) is 0 Å². The summed E-state index contributed by atoms with van der Waals surface area (Å²) in [6.45, 7) is 2.40. The number of hydrogen-bond acceptors (Lipinski definition) is 6. The van der Waals surface area contributed by atoms with Crippen LogP contribution in [0.3, 0.4) is 0 Å². The van der Waals surface area contributed by atoms with E-state index < -0.39 is 0 Å². The van der Waals surface area contributed by atoms with Crippen molar-refractivity contribution in [2.75, 3.05) is 33.2 Å². The minimum absolute atomic E-state index is 0.0952. The molecule has 0 atom stereocenters. The Morgan fingerprint density at radius 2 is 1.58 bits per heavy atom. The van der Waals surface area contributed by atoms with Gasteiger partial charge in [0.25, 0.3) is 5.91 Å². The second-order valence-electron chi connectivity index (χ2n) is 7.01. The van der Waals surface area contributed by atoms with Gasteiger partial charge in [-0.2, -0.15) is 10.5 Å². The number of carbonyl (C=O) groups excluding carboxylic acids is 1. The Kier molecular flexibility index (Phi) is 6.51. The SMILES string of the molecule is CNON1CCN(C(=O)c2cccc(-c3ccc(Oc4ccc(F)cc4)cc3)n2)CC1. The van der Waals surface area contributed by atoms with Gasteiger partial charge >= 0.3 is 0 Å². The molecule has 1 aliphatic rings. The number of aromatic nitrogens is 1. The highest BCUT2D eigenvalue weighted by Crippen LogP contribution is 2.25. The average Bonchev–Trinajstić information content (AvgIpc) is 2.81. The predicted octanol–water partition coefficient (Wildman–Crippen LogP) is 3.50. The van der Waals surface area contributed by atoms with Crippen LogP contribution < -0.4 is 10.2 Å². The quantitative estimate of drug-likeness (QED) is 0.614. The molecule has 1 aliphatic heterocycles. The first-order valence-corrected chi connectivity index (χ1v) is 10.0. The molecule has 1 aromatic heterocycles. The highest BCUT2D eigenvalue weighted by atomic mass is 19.1. The van der Waals surface area contributed by atoms with E-state index in [1.807, 2.05) is 36.4 Å². The third kappa shape index (κ3) is 5.24. The number of benzene rings is 2. The lowest BCUT2D eigenvalue weighted by Crippen LogP contribution is -2.49. The van der Waals surface area contributed by atoms with Gasteiger partial charge in [0.05, 0.1) is 5.69 Å². The van der Waals surface area contributed by atoms with Crippen LogP contribution in [0.4, 0.5) is 4.39 Å². The van der Waals surface area contributed by atoms with Crippen LogP contribution in [0.15, 0.2) is 66.7 Å². The normalized spacial score (nSPS) is 14.5. The summed E-state index contributed by atoms with van der Waals surface area (Å²) in [7, 11) is 1.70. The Morgan fingerprint density at radius 1 is 0.935 bits per heavy atom. The fourth-order valence-electron chi connectivity index (χ4n) is 3.32. The number of pyridine rings is 1. The minimum atomic E-state index is -0.309. The van der Waals surface area contributed by atoms with Gasteiger partial charge in [-0.05, 0) is 60.7 Å².